The van der Waals surface area contributed by atoms with Gasteiger partial charge in [0.05, 0.1) is 12.7 Å². The van der Waals surface area contributed by atoms with Crippen LogP contribution in [-0.2, 0) is 24.6 Å². The van der Waals surface area contributed by atoms with Crippen LogP contribution in [0, 0.1) is 0 Å². The Morgan fingerprint density at radius 1 is 1.35 bits per heavy atom. The molecule has 1 heterocycles. The van der Waals surface area contributed by atoms with Crippen molar-refractivity contribution in [1.82, 2.24) is 9.62 Å². The van der Waals surface area contributed by atoms with E-state index in [1.165, 1.54) is 4.31 Å². The molecule has 0 aromatic rings. The van der Waals surface area contributed by atoms with Gasteiger partial charge in [0.2, 0.25) is 10.0 Å². The third-order valence-corrected chi connectivity index (χ3v) is 6.31. The first-order chi connectivity index (χ1) is 7.74. The van der Waals surface area contributed by atoms with Crippen molar-refractivity contribution in [3.8, 4) is 0 Å². The number of nitrogens with zero attached hydrogens (tertiary/aromatic N) is 1. The summed E-state index contributed by atoms with van der Waals surface area (Å²) >= 11 is 0. The van der Waals surface area contributed by atoms with Gasteiger partial charge in [-0.1, -0.05) is 0 Å². The molecule has 7 nitrogen and oxygen atoms in total. The van der Waals surface area contributed by atoms with Gasteiger partial charge in [-0.2, -0.15) is 4.31 Å². The van der Waals surface area contributed by atoms with Gasteiger partial charge in [0.1, 0.15) is 0 Å². The second kappa shape index (κ2) is 5.61. The average molecular weight is 286 g/mol. The fraction of sp³-hybridized carbons (Fsp3) is 1.00. The number of hydrogen-bond donors (Lipinski definition) is 1. The Bertz CT molecular complexity index is 443. The number of nitrogens with one attached hydrogen (secondary N) is 1. The Morgan fingerprint density at radius 2 is 2.00 bits per heavy atom. The van der Waals surface area contributed by atoms with Crippen molar-refractivity contribution in [1.29, 1.82) is 0 Å². The Balaban J connectivity index is 2.72. The van der Waals surface area contributed by atoms with E-state index in [0.29, 0.717) is 6.54 Å². The van der Waals surface area contributed by atoms with Gasteiger partial charge in [-0.15, -0.1) is 0 Å². The predicted octanol–water partition coefficient (Wildman–Crippen LogP) is -1.76. The first kappa shape index (κ1) is 14.8. The average Bonchev–Trinajstić information content (AvgIpc) is 2.15. The zero-order valence-electron chi connectivity index (χ0n) is 9.92. The van der Waals surface area contributed by atoms with Crippen LogP contribution >= 0.6 is 0 Å². The number of ether oxygens (including phenoxy) is 1. The van der Waals surface area contributed by atoms with Crippen molar-refractivity contribution < 1.29 is 21.6 Å². The normalized spacial score (nSPS) is 23.8. The lowest BCUT2D eigenvalue weighted by Gasteiger charge is -2.31. The summed E-state index contributed by atoms with van der Waals surface area (Å²) in [4.78, 5) is 0. The second-order valence-corrected chi connectivity index (χ2v) is 8.54. The van der Waals surface area contributed by atoms with Gasteiger partial charge in [-0.3, -0.25) is 0 Å². The summed E-state index contributed by atoms with van der Waals surface area (Å²) in [6.45, 7) is 1.22. The second-order valence-electron chi connectivity index (χ2n) is 4.06. The molecule has 1 atom stereocenters. The van der Waals surface area contributed by atoms with Crippen LogP contribution in [0.2, 0.25) is 0 Å². The van der Waals surface area contributed by atoms with Crippen molar-refractivity contribution in [2.75, 3.05) is 44.6 Å². The Morgan fingerprint density at radius 3 is 2.53 bits per heavy atom. The van der Waals surface area contributed by atoms with E-state index in [4.69, 9.17) is 4.74 Å². The topological polar surface area (TPSA) is 92.8 Å². The summed E-state index contributed by atoms with van der Waals surface area (Å²) in [5.41, 5.74) is 0. The number of likely N-dealkylation sites (N-methyl/N-ethyl adjacent to an activating group) is 1. The molecule has 102 valence electrons. The van der Waals surface area contributed by atoms with Gasteiger partial charge >= 0.3 is 0 Å². The quantitative estimate of drug-likeness (QED) is 0.643. The molecular formula is C8H18N2O5S2. The lowest BCUT2D eigenvalue weighted by atomic mass is 10.3. The highest BCUT2D eigenvalue weighted by atomic mass is 32.3. The van der Waals surface area contributed by atoms with E-state index in [1.807, 2.05) is 0 Å². The summed E-state index contributed by atoms with van der Waals surface area (Å²) in [5.74, 6) is 0. The molecule has 1 rings (SSSR count). The third kappa shape index (κ3) is 4.88. The zero-order valence-corrected chi connectivity index (χ0v) is 11.6. The van der Waals surface area contributed by atoms with Crippen molar-refractivity contribution in [3.63, 3.8) is 0 Å². The highest BCUT2D eigenvalue weighted by Gasteiger charge is 2.31. The molecule has 0 amide bonds. The molecule has 0 spiro atoms. The molecule has 1 aliphatic rings. The maximum absolute atomic E-state index is 11.8. The maximum atomic E-state index is 11.8. The van der Waals surface area contributed by atoms with E-state index in [1.54, 1.807) is 7.05 Å². The van der Waals surface area contributed by atoms with Crippen molar-refractivity contribution >= 4 is 19.9 Å². The fourth-order valence-electron chi connectivity index (χ4n) is 1.64. The molecule has 1 N–H and O–H groups in total. The molecule has 0 aliphatic carbocycles. The standard InChI is InChI=1S/C8H18N2O5S2/c1-9-5-8-6-10(3-4-15-8)17(13,14)7-16(2,11)12/h8-9H,3-7H2,1-2H3. The largest absolute Gasteiger partial charge is 0.374 e. The number of hydrogen-bond acceptors (Lipinski definition) is 6. The summed E-state index contributed by atoms with van der Waals surface area (Å²) in [6, 6.07) is 0. The maximum Gasteiger partial charge on any atom is 0.228 e. The number of sulfonamides is 1. The lowest BCUT2D eigenvalue weighted by molar-refractivity contribution is 0.000968. The van der Waals surface area contributed by atoms with Gasteiger partial charge in [0, 0.05) is 25.9 Å². The Labute approximate surface area is 102 Å². The van der Waals surface area contributed by atoms with Crippen molar-refractivity contribution in [2.45, 2.75) is 6.10 Å². The number of morpholine rings is 1. The first-order valence-electron chi connectivity index (χ1n) is 5.16. The highest BCUT2D eigenvalue weighted by molar-refractivity contribution is 8.06. The predicted molar refractivity (Wildman–Crippen MR) is 63.9 cm³/mol. The van der Waals surface area contributed by atoms with Crippen LogP contribution in [0.5, 0.6) is 0 Å². The molecule has 1 aliphatic heterocycles. The lowest BCUT2D eigenvalue weighted by Crippen LogP contribution is -2.49. The molecule has 1 fully saturated rings. The molecule has 0 saturated carbocycles. The van der Waals surface area contributed by atoms with Gasteiger partial charge in [-0.25, -0.2) is 16.8 Å². The zero-order chi connectivity index (χ0) is 13.1. The molecule has 0 aromatic carbocycles. The van der Waals surface area contributed by atoms with E-state index in [2.05, 4.69) is 5.32 Å². The molecule has 17 heavy (non-hydrogen) atoms. The number of sulfone groups is 1. The molecule has 1 unspecified atom stereocenters. The van der Waals surface area contributed by atoms with Gasteiger partial charge in [0.25, 0.3) is 0 Å². The van der Waals surface area contributed by atoms with E-state index < -0.39 is 24.9 Å². The summed E-state index contributed by atoms with van der Waals surface area (Å²) in [5, 5.41) is 2.05. The molecule has 0 bridgehead atoms. The molecule has 0 aromatic heterocycles. The molecule has 1 saturated heterocycles. The highest BCUT2D eigenvalue weighted by Crippen LogP contribution is 2.11. The van der Waals surface area contributed by atoms with Crippen LogP contribution in [0.3, 0.4) is 0 Å². The van der Waals surface area contributed by atoms with Crippen LogP contribution in [0.15, 0.2) is 0 Å². The number of rotatable bonds is 5. The summed E-state index contributed by atoms with van der Waals surface area (Å²) in [7, 11) is -5.56. The SMILES string of the molecule is CNCC1CN(S(=O)(=O)CS(C)(=O)=O)CCO1. The van der Waals surface area contributed by atoms with Crippen LogP contribution in [0.25, 0.3) is 0 Å². The third-order valence-electron chi connectivity index (χ3n) is 2.29. The first-order valence-corrected chi connectivity index (χ1v) is 8.83. The van der Waals surface area contributed by atoms with Crippen molar-refractivity contribution in [2.24, 2.45) is 0 Å². The minimum atomic E-state index is -3.75. The van der Waals surface area contributed by atoms with E-state index in [0.717, 1.165) is 6.26 Å². The molecular weight excluding hydrogens is 268 g/mol. The summed E-state index contributed by atoms with van der Waals surface area (Å²) < 4.78 is 52.3. The van der Waals surface area contributed by atoms with E-state index >= 15 is 0 Å². The van der Waals surface area contributed by atoms with Gasteiger partial charge < -0.3 is 10.1 Å². The van der Waals surface area contributed by atoms with Crippen LogP contribution in [0.4, 0.5) is 0 Å². The van der Waals surface area contributed by atoms with E-state index in [9.17, 15) is 16.8 Å². The van der Waals surface area contributed by atoms with Gasteiger partial charge in [0.15, 0.2) is 14.9 Å². The minimum Gasteiger partial charge on any atom is -0.374 e. The van der Waals surface area contributed by atoms with Crippen LogP contribution < -0.4 is 5.32 Å². The van der Waals surface area contributed by atoms with Gasteiger partial charge in [-0.05, 0) is 7.05 Å². The summed E-state index contributed by atoms with van der Waals surface area (Å²) in [6.07, 6.45) is 0.680. The Hall–Kier alpha value is -0.220. The molecule has 0 radical (unpaired) electrons. The smallest absolute Gasteiger partial charge is 0.228 e. The van der Waals surface area contributed by atoms with Crippen LogP contribution in [0.1, 0.15) is 0 Å². The minimum absolute atomic E-state index is 0.193. The van der Waals surface area contributed by atoms with Crippen LogP contribution in [-0.4, -0.2) is 71.9 Å². The fourth-order valence-corrected chi connectivity index (χ4v) is 5.15. The van der Waals surface area contributed by atoms with Crippen molar-refractivity contribution in [3.05, 3.63) is 0 Å². The molecule has 9 heteroatoms. The monoisotopic (exact) mass is 286 g/mol. The van der Waals surface area contributed by atoms with E-state index in [-0.39, 0.29) is 25.8 Å². The Kier molecular flexibility index (Phi) is 4.90.